The molecule has 0 radical (unpaired) electrons. The summed E-state index contributed by atoms with van der Waals surface area (Å²) in [5, 5.41) is 3.29. The third-order valence-electron chi connectivity index (χ3n) is 3.27. The quantitative estimate of drug-likeness (QED) is 0.744. The lowest BCUT2D eigenvalue weighted by Crippen LogP contribution is -2.35. The molecule has 4 heteroatoms. The van der Waals surface area contributed by atoms with E-state index >= 15 is 0 Å². The van der Waals surface area contributed by atoms with E-state index in [2.05, 4.69) is 25.2 Å². The van der Waals surface area contributed by atoms with Crippen LogP contribution in [-0.2, 0) is 9.47 Å². The van der Waals surface area contributed by atoms with Crippen LogP contribution in [-0.4, -0.2) is 33.7 Å². The van der Waals surface area contributed by atoms with E-state index < -0.39 is 0 Å². The van der Waals surface area contributed by atoms with Crippen LogP contribution in [0.5, 0.6) is 5.75 Å². The molecule has 20 heavy (non-hydrogen) atoms. The maximum absolute atomic E-state index is 5.73. The number of rotatable bonds is 8. The fraction of sp³-hybridized carbons (Fsp3) is 0.625. The van der Waals surface area contributed by atoms with Crippen LogP contribution in [0.2, 0.25) is 0 Å². The molecule has 0 fully saturated rings. The minimum absolute atomic E-state index is 0.0644. The lowest BCUT2D eigenvalue weighted by atomic mass is 9.97. The normalized spacial score (nSPS) is 12.8. The lowest BCUT2D eigenvalue weighted by Gasteiger charge is -2.29. The zero-order valence-electron chi connectivity index (χ0n) is 13.4. The van der Waals surface area contributed by atoms with E-state index in [1.165, 1.54) is 11.1 Å². The van der Waals surface area contributed by atoms with Crippen molar-refractivity contribution in [1.82, 2.24) is 5.32 Å². The minimum atomic E-state index is -0.328. The zero-order chi connectivity index (χ0) is 15.1. The zero-order valence-corrected chi connectivity index (χ0v) is 13.4. The van der Waals surface area contributed by atoms with Gasteiger partial charge in [-0.25, -0.2) is 0 Å². The SMILES string of the molecule is CCOC(OCC)C(NC)c1c(C)cc(C)cc1OC. The number of ether oxygens (including phenoxy) is 3. The average molecular weight is 281 g/mol. The van der Waals surface area contributed by atoms with Crippen molar-refractivity contribution in [2.24, 2.45) is 0 Å². The maximum Gasteiger partial charge on any atom is 0.176 e. The van der Waals surface area contributed by atoms with E-state index in [1.54, 1.807) is 7.11 Å². The molecule has 4 nitrogen and oxygen atoms in total. The molecule has 1 rings (SSSR count). The van der Waals surface area contributed by atoms with Crippen molar-refractivity contribution in [2.75, 3.05) is 27.4 Å². The Kier molecular flexibility index (Phi) is 6.99. The van der Waals surface area contributed by atoms with E-state index in [0.717, 1.165) is 11.3 Å². The first-order chi connectivity index (χ1) is 9.58. The summed E-state index contributed by atoms with van der Waals surface area (Å²) in [7, 11) is 3.61. The molecule has 0 aliphatic heterocycles. The number of methoxy groups -OCH3 is 1. The van der Waals surface area contributed by atoms with Crippen molar-refractivity contribution in [3.63, 3.8) is 0 Å². The number of benzene rings is 1. The molecule has 0 aliphatic carbocycles. The van der Waals surface area contributed by atoms with E-state index in [4.69, 9.17) is 14.2 Å². The van der Waals surface area contributed by atoms with Gasteiger partial charge in [-0.3, -0.25) is 0 Å². The Hall–Kier alpha value is -1.10. The van der Waals surface area contributed by atoms with Crippen molar-refractivity contribution in [3.8, 4) is 5.75 Å². The molecule has 0 spiro atoms. The molecule has 0 bridgehead atoms. The molecular weight excluding hydrogens is 254 g/mol. The Balaban J connectivity index is 3.22. The van der Waals surface area contributed by atoms with E-state index in [-0.39, 0.29) is 12.3 Å². The van der Waals surface area contributed by atoms with Crippen molar-refractivity contribution >= 4 is 0 Å². The standard InChI is InChI=1S/C16H27NO3/c1-7-19-16(20-8-2)15(17-5)14-12(4)9-11(3)10-13(14)18-6/h9-10,15-17H,7-8H2,1-6H3. The molecule has 1 aromatic carbocycles. The fourth-order valence-corrected chi connectivity index (χ4v) is 2.49. The third kappa shape index (κ3) is 3.95. The summed E-state index contributed by atoms with van der Waals surface area (Å²) in [5.41, 5.74) is 3.44. The first-order valence-corrected chi connectivity index (χ1v) is 7.14. The third-order valence-corrected chi connectivity index (χ3v) is 3.27. The van der Waals surface area contributed by atoms with Crippen molar-refractivity contribution in [3.05, 3.63) is 28.8 Å². The van der Waals surface area contributed by atoms with Gasteiger partial charge in [0, 0.05) is 18.8 Å². The first-order valence-electron chi connectivity index (χ1n) is 7.14. The Morgan fingerprint density at radius 3 is 2.15 bits per heavy atom. The van der Waals surface area contributed by atoms with Gasteiger partial charge in [-0.2, -0.15) is 0 Å². The van der Waals surface area contributed by atoms with Gasteiger partial charge in [0.05, 0.1) is 13.2 Å². The number of nitrogens with one attached hydrogen (secondary N) is 1. The smallest absolute Gasteiger partial charge is 0.176 e. The molecule has 0 saturated heterocycles. The summed E-state index contributed by atoms with van der Waals surface area (Å²) in [6.07, 6.45) is -0.328. The molecular formula is C16H27NO3. The maximum atomic E-state index is 5.73. The average Bonchev–Trinajstić information content (AvgIpc) is 2.41. The monoisotopic (exact) mass is 281 g/mol. The summed E-state index contributed by atoms with van der Waals surface area (Å²) in [4.78, 5) is 0. The van der Waals surface area contributed by atoms with E-state index in [9.17, 15) is 0 Å². The largest absolute Gasteiger partial charge is 0.496 e. The van der Waals surface area contributed by atoms with Gasteiger partial charge in [0.2, 0.25) is 0 Å². The molecule has 0 amide bonds. The molecule has 1 atom stereocenters. The minimum Gasteiger partial charge on any atom is -0.496 e. The molecule has 0 aromatic heterocycles. The summed E-state index contributed by atoms with van der Waals surface area (Å²) >= 11 is 0. The second-order valence-electron chi connectivity index (χ2n) is 4.74. The highest BCUT2D eigenvalue weighted by atomic mass is 16.7. The topological polar surface area (TPSA) is 39.7 Å². The molecule has 0 saturated carbocycles. The predicted molar refractivity (Wildman–Crippen MR) is 81.3 cm³/mol. The van der Waals surface area contributed by atoms with Crippen LogP contribution < -0.4 is 10.1 Å². The molecule has 1 N–H and O–H groups in total. The summed E-state index contributed by atoms with van der Waals surface area (Å²) in [6, 6.07) is 4.13. The number of hydrogen-bond acceptors (Lipinski definition) is 4. The van der Waals surface area contributed by atoms with Crippen LogP contribution in [0.4, 0.5) is 0 Å². The summed E-state index contributed by atoms with van der Waals surface area (Å²) < 4.78 is 17.0. The molecule has 1 aromatic rings. The van der Waals surface area contributed by atoms with Crippen LogP contribution in [0.1, 0.15) is 36.6 Å². The highest BCUT2D eigenvalue weighted by molar-refractivity contribution is 5.45. The van der Waals surface area contributed by atoms with E-state index in [0.29, 0.717) is 13.2 Å². The summed E-state index contributed by atoms with van der Waals surface area (Å²) in [6.45, 7) is 9.31. The fourth-order valence-electron chi connectivity index (χ4n) is 2.49. The number of aryl methyl sites for hydroxylation is 2. The highest BCUT2D eigenvalue weighted by Gasteiger charge is 2.27. The van der Waals surface area contributed by atoms with Gasteiger partial charge in [-0.1, -0.05) is 6.07 Å². The van der Waals surface area contributed by atoms with Gasteiger partial charge in [-0.05, 0) is 51.9 Å². The molecule has 0 aliphatic rings. The van der Waals surface area contributed by atoms with Gasteiger partial charge in [-0.15, -0.1) is 0 Å². The van der Waals surface area contributed by atoms with Crippen LogP contribution in [0.25, 0.3) is 0 Å². The Bertz CT molecular complexity index is 414. The van der Waals surface area contributed by atoms with E-state index in [1.807, 2.05) is 27.0 Å². The van der Waals surface area contributed by atoms with Gasteiger partial charge in [0.25, 0.3) is 0 Å². The number of hydrogen-bond donors (Lipinski definition) is 1. The van der Waals surface area contributed by atoms with Gasteiger partial charge in [0.1, 0.15) is 5.75 Å². The molecule has 0 heterocycles. The van der Waals surface area contributed by atoms with Crippen molar-refractivity contribution in [2.45, 2.75) is 40.0 Å². The molecule has 1 unspecified atom stereocenters. The Morgan fingerprint density at radius 1 is 1.10 bits per heavy atom. The van der Waals surface area contributed by atoms with Crippen LogP contribution in [0.3, 0.4) is 0 Å². The van der Waals surface area contributed by atoms with Gasteiger partial charge >= 0.3 is 0 Å². The molecule has 114 valence electrons. The second kappa shape index (κ2) is 8.25. The Morgan fingerprint density at radius 2 is 1.70 bits per heavy atom. The summed E-state index contributed by atoms with van der Waals surface area (Å²) in [5.74, 6) is 0.867. The van der Waals surface area contributed by atoms with Crippen LogP contribution >= 0.6 is 0 Å². The van der Waals surface area contributed by atoms with Gasteiger partial charge in [0.15, 0.2) is 6.29 Å². The van der Waals surface area contributed by atoms with Crippen LogP contribution in [0, 0.1) is 13.8 Å². The van der Waals surface area contributed by atoms with Crippen LogP contribution in [0.15, 0.2) is 12.1 Å². The highest BCUT2D eigenvalue weighted by Crippen LogP contribution is 2.33. The first kappa shape index (κ1) is 17.0. The van der Waals surface area contributed by atoms with Crippen molar-refractivity contribution < 1.29 is 14.2 Å². The number of likely N-dealkylation sites (N-methyl/N-ethyl adjacent to an activating group) is 1. The Labute approximate surface area is 122 Å². The lowest BCUT2D eigenvalue weighted by molar-refractivity contribution is -0.154. The predicted octanol–water partition coefficient (Wildman–Crippen LogP) is 2.97. The second-order valence-corrected chi connectivity index (χ2v) is 4.74. The van der Waals surface area contributed by atoms with Crippen molar-refractivity contribution in [1.29, 1.82) is 0 Å². The van der Waals surface area contributed by atoms with Gasteiger partial charge < -0.3 is 19.5 Å².